The highest BCUT2D eigenvalue weighted by Gasteiger charge is 2.05. The van der Waals surface area contributed by atoms with E-state index >= 15 is 0 Å². The predicted octanol–water partition coefficient (Wildman–Crippen LogP) is 3.98. The smallest absolute Gasteiger partial charge is 0.261 e. The van der Waals surface area contributed by atoms with E-state index in [1.807, 2.05) is 18.2 Å². The zero-order chi connectivity index (χ0) is 14.3. The van der Waals surface area contributed by atoms with Gasteiger partial charge in [0.25, 0.3) is 6.43 Å². The molecule has 2 nitrogen and oxygen atoms in total. The molecule has 0 spiro atoms. The Kier molecular flexibility index (Phi) is 7.49. The van der Waals surface area contributed by atoms with Gasteiger partial charge in [0.05, 0.1) is 6.61 Å². The quantitative estimate of drug-likeness (QED) is 0.775. The summed E-state index contributed by atoms with van der Waals surface area (Å²) in [6.45, 7) is 5.76. The number of ether oxygens (including phenoxy) is 1. The summed E-state index contributed by atoms with van der Waals surface area (Å²) in [5.41, 5.74) is 2.04. The Hall–Kier alpha value is -0.520. The molecule has 0 radical (unpaired) electrons. The van der Waals surface area contributed by atoms with Gasteiger partial charge in [0.1, 0.15) is 6.61 Å². The van der Waals surface area contributed by atoms with E-state index in [2.05, 4.69) is 35.1 Å². The zero-order valence-corrected chi connectivity index (χ0v) is 12.8. The SMILES string of the molecule is CC(C)CNCc1ccc(COCC(F)F)c(Br)c1. The van der Waals surface area contributed by atoms with Gasteiger partial charge in [-0.1, -0.05) is 41.9 Å². The summed E-state index contributed by atoms with van der Waals surface area (Å²) in [6.07, 6.45) is -2.42. The van der Waals surface area contributed by atoms with Crippen molar-refractivity contribution < 1.29 is 13.5 Å². The van der Waals surface area contributed by atoms with Gasteiger partial charge in [0, 0.05) is 11.0 Å². The van der Waals surface area contributed by atoms with E-state index in [1.54, 1.807) is 0 Å². The molecule has 108 valence electrons. The fourth-order valence-electron chi connectivity index (χ4n) is 1.58. The van der Waals surface area contributed by atoms with Gasteiger partial charge >= 0.3 is 0 Å². The van der Waals surface area contributed by atoms with Crippen LogP contribution in [-0.4, -0.2) is 19.6 Å². The van der Waals surface area contributed by atoms with Crippen LogP contribution in [-0.2, 0) is 17.9 Å². The van der Waals surface area contributed by atoms with Crippen molar-refractivity contribution in [3.8, 4) is 0 Å². The minimum absolute atomic E-state index is 0.199. The van der Waals surface area contributed by atoms with Crippen molar-refractivity contribution in [3.05, 3.63) is 33.8 Å². The van der Waals surface area contributed by atoms with Gasteiger partial charge in [0.15, 0.2) is 0 Å². The second-order valence-corrected chi connectivity index (χ2v) is 5.71. The molecule has 1 aromatic carbocycles. The van der Waals surface area contributed by atoms with Crippen molar-refractivity contribution in [1.82, 2.24) is 5.32 Å². The zero-order valence-electron chi connectivity index (χ0n) is 11.3. The second kappa shape index (κ2) is 8.61. The molecule has 1 rings (SSSR count). The van der Waals surface area contributed by atoms with Crippen LogP contribution in [0.15, 0.2) is 22.7 Å². The summed E-state index contributed by atoms with van der Waals surface area (Å²) < 4.78 is 29.7. The lowest BCUT2D eigenvalue weighted by Crippen LogP contribution is -2.18. The first-order valence-corrected chi connectivity index (χ1v) is 7.12. The Morgan fingerprint density at radius 3 is 2.63 bits per heavy atom. The van der Waals surface area contributed by atoms with Crippen LogP contribution in [0.5, 0.6) is 0 Å². The first-order valence-electron chi connectivity index (χ1n) is 6.33. The molecule has 0 fully saturated rings. The van der Waals surface area contributed by atoms with Gasteiger partial charge in [-0.2, -0.15) is 0 Å². The Bertz CT molecular complexity index is 386. The first-order chi connectivity index (χ1) is 8.99. The number of halogens is 3. The van der Waals surface area contributed by atoms with Crippen LogP contribution >= 0.6 is 15.9 Å². The third-order valence-electron chi connectivity index (χ3n) is 2.50. The van der Waals surface area contributed by atoms with Crippen molar-refractivity contribution in [1.29, 1.82) is 0 Å². The van der Waals surface area contributed by atoms with Crippen LogP contribution in [0.4, 0.5) is 8.78 Å². The Morgan fingerprint density at radius 2 is 2.05 bits per heavy atom. The molecule has 0 saturated heterocycles. The van der Waals surface area contributed by atoms with Gasteiger partial charge in [-0.25, -0.2) is 8.78 Å². The maximum Gasteiger partial charge on any atom is 0.261 e. The molecular weight excluding hydrogens is 316 g/mol. The first kappa shape index (κ1) is 16.5. The fraction of sp³-hybridized carbons (Fsp3) is 0.571. The van der Waals surface area contributed by atoms with Gasteiger partial charge < -0.3 is 10.1 Å². The van der Waals surface area contributed by atoms with Crippen molar-refractivity contribution in [3.63, 3.8) is 0 Å². The number of rotatable bonds is 8. The van der Waals surface area contributed by atoms with E-state index in [4.69, 9.17) is 4.74 Å². The molecule has 0 amide bonds. The average molecular weight is 336 g/mol. The monoisotopic (exact) mass is 335 g/mol. The van der Waals surface area contributed by atoms with Crippen molar-refractivity contribution >= 4 is 15.9 Å². The fourth-order valence-corrected chi connectivity index (χ4v) is 2.12. The minimum Gasteiger partial charge on any atom is -0.371 e. The Labute approximate surface area is 121 Å². The van der Waals surface area contributed by atoms with Gasteiger partial charge in [-0.3, -0.25) is 0 Å². The second-order valence-electron chi connectivity index (χ2n) is 4.86. The third-order valence-corrected chi connectivity index (χ3v) is 3.24. The standard InChI is InChI=1S/C14H20BrF2NO/c1-10(2)6-18-7-11-3-4-12(13(15)5-11)8-19-9-14(16)17/h3-5,10,14,18H,6-9H2,1-2H3. The summed E-state index contributed by atoms with van der Waals surface area (Å²) >= 11 is 3.44. The molecule has 0 aliphatic heterocycles. The van der Waals surface area contributed by atoms with Crippen molar-refractivity contribution in [2.24, 2.45) is 5.92 Å². The lowest BCUT2D eigenvalue weighted by Gasteiger charge is -2.10. The Morgan fingerprint density at radius 1 is 1.32 bits per heavy atom. The number of alkyl halides is 2. The van der Waals surface area contributed by atoms with Gasteiger partial charge in [0.2, 0.25) is 0 Å². The largest absolute Gasteiger partial charge is 0.371 e. The van der Waals surface area contributed by atoms with Crippen molar-refractivity contribution in [2.75, 3.05) is 13.2 Å². The molecule has 1 aromatic rings. The minimum atomic E-state index is -2.42. The maximum atomic E-state index is 12.0. The molecule has 5 heteroatoms. The Balaban J connectivity index is 2.45. The summed E-state index contributed by atoms with van der Waals surface area (Å²) in [5, 5.41) is 3.35. The molecule has 0 unspecified atom stereocenters. The predicted molar refractivity (Wildman–Crippen MR) is 76.3 cm³/mol. The van der Waals surface area contributed by atoms with Crippen LogP contribution in [0.3, 0.4) is 0 Å². The topological polar surface area (TPSA) is 21.3 Å². The number of nitrogens with one attached hydrogen (secondary N) is 1. The molecule has 0 bridgehead atoms. The highest BCUT2D eigenvalue weighted by atomic mass is 79.9. The summed E-state index contributed by atoms with van der Waals surface area (Å²) in [6, 6.07) is 5.88. The summed E-state index contributed by atoms with van der Waals surface area (Å²) in [7, 11) is 0. The molecule has 0 aromatic heterocycles. The van der Waals surface area contributed by atoms with E-state index in [-0.39, 0.29) is 6.61 Å². The van der Waals surface area contributed by atoms with Crippen LogP contribution in [0.25, 0.3) is 0 Å². The maximum absolute atomic E-state index is 12.0. The van der Waals surface area contributed by atoms with Crippen LogP contribution in [0.2, 0.25) is 0 Å². The highest BCUT2D eigenvalue weighted by Crippen LogP contribution is 2.19. The molecule has 0 heterocycles. The molecular formula is C14H20BrF2NO. The van der Waals surface area contributed by atoms with Crippen LogP contribution in [0.1, 0.15) is 25.0 Å². The summed E-state index contributed by atoms with van der Waals surface area (Å²) in [5.74, 6) is 0.616. The van der Waals surface area contributed by atoms with Gasteiger partial charge in [-0.05, 0) is 29.7 Å². The van der Waals surface area contributed by atoms with E-state index in [1.165, 1.54) is 0 Å². The van der Waals surface area contributed by atoms with Crippen LogP contribution in [0, 0.1) is 5.92 Å². The number of benzene rings is 1. The van der Waals surface area contributed by atoms with Crippen LogP contribution < -0.4 is 5.32 Å². The van der Waals surface area contributed by atoms with Gasteiger partial charge in [-0.15, -0.1) is 0 Å². The van der Waals surface area contributed by atoms with E-state index in [0.717, 1.165) is 28.7 Å². The van der Waals surface area contributed by atoms with E-state index in [0.29, 0.717) is 5.92 Å². The molecule has 0 atom stereocenters. The highest BCUT2D eigenvalue weighted by molar-refractivity contribution is 9.10. The number of hydrogen-bond donors (Lipinski definition) is 1. The summed E-state index contributed by atoms with van der Waals surface area (Å²) in [4.78, 5) is 0. The normalized spacial score (nSPS) is 11.5. The molecule has 0 saturated carbocycles. The molecule has 0 aliphatic rings. The number of hydrogen-bond acceptors (Lipinski definition) is 2. The third kappa shape index (κ3) is 6.99. The van der Waals surface area contributed by atoms with E-state index in [9.17, 15) is 8.78 Å². The average Bonchev–Trinajstić information content (AvgIpc) is 2.31. The lowest BCUT2D eigenvalue weighted by molar-refractivity contribution is 0.00970. The molecule has 0 aliphatic carbocycles. The van der Waals surface area contributed by atoms with Crippen molar-refractivity contribution in [2.45, 2.75) is 33.4 Å². The molecule has 1 N–H and O–H groups in total. The van der Waals surface area contributed by atoms with E-state index < -0.39 is 13.0 Å². The molecule has 19 heavy (non-hydrogen) atoms. The lowest BCUT2D eigenvalue weighted by atomic mass is 10.1.